The van der Waals surface area contributed by atoms with E-state index in [1.165, 1.54) is 32.1 Å². The van der Waals surface area contributed by atoms with Crippen LogP contribution in [0.3, 0.4) is 0 Å². The van der Waals surface area contributed by atoms with Crippen molar-refractivity contribution >= 4 is 23.2 Å². The highest BCUT2D eigenvalue weighted by Crippen LogP contribution is 2.38. The Morgan fingerprint density at radius 1 is 1.06 bits per heavy atom. The van der Waals surface area contributed by atoms with Gasteiger partial charge in [0.15, 0.2) is 0 Å². The summed E-state index contributed by atoms with van der Waals surface area (Å²) in [6.45, 7) is 0.364. The van der Waals surface area contributed by atoms with Crippen molar-refractivity contribution in [3.05, 3.63) is 59.7 Å². The molecule has 1 heterocycles. The summed E-state index contributed by atoms with van der Waals surface area (Å²) in [5.74, 6) is -0.792. The third-order valence-electron chi connectivity index (χ3n) is 7.61. The van der Waals surface area contributed by atoms with Crippen molar-refractivity contribution in [2.24, 2.45) is 23.3 Å². The molecule has 6 heteroatoms. The van der Waals surface area contributed by atoms with E-state index in [4.69, 9.17) is 17.2 Å². The van der Waals surface area contributed by atoms with Gasteiger partial charge in [-0.25, -0.2) is 0 Å². The first kappa shape index (κ1) is 23.3. The molecule has 2 atom stereocenters. The van der Waals surface area contributed by atoms with Crippen molar-refractivity contribution < 1.29 is 9.59 Å². The smallest absolute Gasteiger partial charge is 0.248 e. The number of rotatable bonds is 7. The minimum atomic E-state index is -1.33. The fourth-order valence-electron chi connectivity index (χ4n) is 5.61. The van der Waals surface area contributed by atoms with E-state index in [9.17, 15) is 9.59 Å². The number of aryl methyl sites for hydroxylation is 1. The third-order valence-corrected chi connectivity index (χ3v) is 7.61. The second-order valence-corrected chi connectivity index (χ2v) is 9.84. The summed E-state index contributed by atoms with van der Waals surface area (Å²) < 4.78 is 0. The maximum absolute atomic E-state index is 14.1. The summed E-state index contributed by atoms with van der Waals surface area (Å²) in [5, 5.41) is 0. The first-order valence-corrected chi connectivity index (χ1v) is 12.2. The van der Waals surface area contributed by atoms with Gasteiger partial charge in [0.1, 0.15) is 5.54 Å². The molecule has 0 unspecified atom stereocenters. The number of fused-ring (bicyclic) bond motifs is 1. The van der Waals surface area contributed by atoms with Gasteiger partial charge in [0.2, 0.25) is 11.8 Å². The van der Waals surface area contributed by atoms with E-state index < -0.39 is 17.4 Å². The van der Waals surface area contributed by atoms with E-state index in [1.807, 2.05) is 48.5 Å². The summed E-state index contributed by atoms with van der Waals surface area (Å²) in [7, 11) is 0. The van der Waals surface area contributed by atoms with Gasteiger partial charge in [0.25, 0.3) is 0 Å². The van der Waals surface area contributed by atoms with E-state index in [1.54, 1.807) is 4.90 Å². The van der Waals surface area contributed by atoms with Gasteiger partial charge < -0.3 is 22.1 Å². The van der Waals surface area contributed by atoms with Crippen LogP contribution in [0, 0.1) is 11.8 Å². The molecule has 6 nitrogen and oxygen atoms in total. The summed E-state index contributed by atoms with van der Waals surface area (Å²) in [6, 6.07) is 15.4. The summed E-state index contributed by atoms with van der Waals surface area (Å²) in [5.41, 5.74) is 20.9. The molecule has 2 aromatic carbocycles. The minimum Gasteiger partial charge on any atom is -0.399 e. The lowest BCUT2D eigenvalue weighted by Gasteiger charge is -2.37. The number of benzene rings is 2. The van der Waals surface area contributed by atoms with Crippen LogP contribution in [0.4, 0.5) is 11.4 Å². The minimum absolute atomic E-state index is 0.225. The number of anilines is 2. The Kier molecular flexibility index (Phi) is 7.03. The average molecular weight is 449 g/mol. The Bertz CT molecular complexity index is 984. The third kappa shape index (κ3) is 5.06. The van der Waals surface area contributed by atoms with Crippen LogP contribution in [0.1, 0.15) is 62.5 Å². The first-order valence-electron chi connectivity index (χ1n) is 12.2. The van der Waals surface area contributed by atoms with E-state index in [0.717, 1.165) is 23.2 Å². The zero-order valence-electron chi connectivity index (χ0n) is 19.3. The van der Waals surface area contributed by atoms with Gasteiger partial charge in [-0.2, -0.15) is 0 Å². The first-order chi connectivity index (χ1) is 15.9. The topological polar surface area (TPSA) is 115 Å². The van der Waals surface area contributed by atoms with E-state index in [-0.39, 0.29) is 5.91 Å². The number of nitrogens with zero attached hydrogens (tertiary/aromatic N) is 1. The van der Waals surface area contributed by atoms with Crippen LogP contribution in [-0.2, 0) is 22.6 Å². The number of nitrogens with two attached hydrogens (primary N) is 3. The molecule has 1 fully saturated rings. The van der Waals surface area contributed by atoms with Crippen LogP contribution in [0.5, 0.6) is 0 Å². The van der Waals surface area contributed by atoms with Crippen LogP contribution < -0.4 is 22.1 Å². The summed E-state index contributed by atoms with van der Waals surface area (Å²) >= 11 is 0. The summed E-state index contributed by atoms with van der Waals surface area (Å²) in [6.07, 6.45) is 8.62. The molecule has 1 saturated carbocycles. The molecule has 0 aromatic heterocycles. The molecule has 0 bridgehead atoms. The molecule has 1 aliphatic carbocycles. The number of para-hydroxylation sites is 1. The molecule has 0 saturated heterocycles. The molecule has 2 aliphatic rings. The number of primary amides is 1. The van der Waals surface area contributed by atoms with Crippen molar-refractivity contribution in [2.45, 2.75) is 69.9 Å². The van der Waals surface area contributed by atoms with Gasteiger partial charge in [0, 0.05) is 11.4 Å². The molecule has 4 rings (SSSR count). The molecule has 0 spiro atoms. The quantitative estimate of drug-likeness (QED) is 0.557. The van der Waals surface area contributed by atoms with Gasteiger partial charge in [-0.15, -0.1) is 0 Å². The molecule has 0 radical (unpaired) electrons. The Morgan fingerprint density at radius 2 is 1.76 bits per heavy atom. The highest BCUT2D eigenvalue weighted by atomic mass is 16.2. The van der Waals surface area contributed by atoms with Crippen LogP contribution >= 0.6 is 0 Å². The lowest BCUT2D eigenvalue weighted by molar-refractivity contribution is -0.134. The van der Waals surface area contributed by atoms with E-state index >= 15 is 0 Å². The number of nitrogen functional groups attached to an aromatic ring is 1. The van der Waals surface area contributed by atoms with Crippen LogP contribution in [0.2, 0.25) is 0 Å². The van der Waals surface area contributed by atoms with Gasteiger partial charge >= 0.3 is 0 Å². The molecule has 2 aromatic rings. The fourth-order valence-corrected chi connectivity index (χ4v) is 5.61. The average Bonchev–Trinajstić information content (AvgIpc) is 2.92. The van der Waals surface area contributed by atoms with Crippen molar-refractivity contribution in [1.29, 1.82) is 0 Å². The number of amides is 2. The predicted molar refractivity (Wildman–Crippen MR) is 132 cm³/mol. The maximum atomic E-state index is 14.1. The van der Waals surface area contributed by atoms with Crippen LogP contribution in [-0.4, -0.2) is 17.4 Å². The predicted octanol–water partition coefficient (Wildman–Crippen LogP) is 3.91. The standard InChI is InChI=1S/C27H36N4O2/c28-22-13-10-20(11-14-22)18-31-24-9-5-4-8-21(24)16-17-27(30,26(31)33)23(25(29)32)15-12-19-6-2-1-3-7-19/h4-5,8-11,13-14,19,23H,1-3,6-7,12,15-18,28,30H2,(H2,29,32)/t23-,27+/m1/s1. The lowest BCUT2D eigenvalue weighted by Crippen LogP contribution is -2.62. The molecule has 6 N–H and O–H groups in total. The van der Waals surface area contributed by atoms with Crippen LogP contribution in [0.25, 0.3) is 0 Å². The van der Waals surface area contributed by atoms with Gasteiger partial charge in [-0.3, -0.25) is 9.59 Å². The van der Waals surface area contributed by atoms with Crippen molar-refractivity contribution in [1.82, 2.24) is 0 Å². The van der Waals surface area contributed by atoms with Crippen LogP contribution in [0.15, 0.2) is 48.5 Å². The zero-order chi connectivity index (χ0) is 23.4. The SMILES string of the molecule is NC(=O)[C@@H](CCC1CCCCC1)[C@@]1(N)CCc2ccccc2N(Cc2ccc(N)cc2)C1=O. The molecule has 1 aliphatic heterocycles. The Hall–Kier alpha value is -2.86. The largest absolute Gasteiger partial charge is 0.399 e. The normalized spacial score (nSPS) is 22.5. The van der Waals surface area contributed by atoms with Crippen molar-refractivity contribution in [2.75, 3.05) is 10.6 Å². The number of carbonyl (C=O) groups is 2. The second kappa shape index (κ2) is 9.96. The number of hydrogen-bond donors (Lipinski definition) is 3. The van der Waals surface area contributed by atoms with Gasteiger partial charge in [-0.1, -0.05) is 62.4 Å². The molecule has 33 heavy (non-hydrogen) atoms. The number of hydrogen-bond acceptors (Lipinski definition) is 4. The Labute approximate surface area is 196 Å². The monoisotopic (exact) mass is 448 g/mol. The molecular formula is C27H36N4O2. The van der Waals surface area contributed by atoms with Gasteiger partial charge in [-0.05, 0) is 60.9 Å². The van der Waals surface area contributed by atoms with Crippen molar-refractivity contribution in [3.8, 4) is 0 Å². The number of carbonyl (C=O) groups excluding carboxylic acids is 2. The highest BCUT2D eigenvalue weighted by Gasteiger charge is 2.48. The zero-order valence-corrected chi connectivity index (χ0v) is 19.3. The maximum Gasteiger partial charge on any atom is 0.248 e. The van der Waals surface area contributed by atoms with E-state index in [2.05, 4.69) is 0 Å². The molecule has 176 valence electrons. The fraction of sp³-hybridized carbons (Fsp3) is 0.481. The highest BCUT2D eigenvalue weighted by molar-refractivity contribution is 6.04. The lowest BCUT2D eigenvalue weighted by atomic mass is 9.74. The van der Waals surface area contributed by atoms with Crippen molar-refractivity contribution in [3.63, 3.8) is 0 Å². The molecule has 2 amide bonds. The Balaban J connectivity index is 1.64. The second-order valence-electron chi connectivity index (χ2n) is 9.84. The molecular weight excluding hydrogens is 412 g/mol. The Morgan fingerprint density at radius 3 is 2.45 bits per heavy atom. The van der Waals surface area contributed by atoms with E-state index in [0.29, 0.717) is 37.4 Å². The summed E-state index contributed by atoms with van der Waals surface area (Å²) in [4.78, 5) is 28.5. The van der Waals surface area contributed by atoms with Gasteiger partial charge in [0.05, 0.1) is 12.5 Å².